The van der Waals surface area contributed by atoms with Crippen LogP contribution in [0.5, 0.6) is 0 Å². The van der Waals surface area contributed by atoms with Crippen LogP contribution in [0.25, 0.3) is 0 Å². The van der Waals surface area contributed by atoms with Gasteiger partial charge in [0, 0.05) is 25.0 Å². The van der Waals surface area contributed by atoms with Gasteiger partial charge in [-0.05, 0) is 43.2 Å². The van der Waals surface area contributed by atoms with Crippen molar-refractivity contribution in [1.82, 2.24) is 4.90 Å². The first-order valence-corrected chi connectivity index (χ1v) is 7.58. The second kappa shape index (κ2) is 5.72. The van der Waals surface area contributed by atoms with Crippen molar-refractivity contribution in [2.45, 2.75) is 37.6 Å². The van der Waals surface area contributed by atoms with E-state index >= 15 is 0 Å². The van der Waals surface area contributed by atoms with Crippen molar-refractivity contribution < 1.29 is 13.6 Å². The fourth-order valence-electron chi connectivity index (χ4n) is 3.37. The Morgan fingerprint density at radius 1 is 1.33 bits per heavy atom. The quantitative estimate of drug-likeness (QED) is 0.930. The van der Waals surface area contributed by atoms with Crippen LogP contribution in [0.15, 0.2) is 18.2 Å². The molecule has 3 atom stereocenters. The molecule has 0 bridgehead atoms. The number of hydrogen-bond donors (Lipinski definition) is 1. The summed E-state index contributed by atoms with van der Waals surface area (Å²) in [6.45, 7) is 1.20. The van der Waals surface area contributed by atoms with Crippen molar-refractivity contribution in [3.05, 3.63) is 35.4 Å². The highest BCUT2D eigenvalue weighted by Gasteiger charge is 2.48. The zero-order chi connectivity index (χ0) is 15.0. The number of benzene rings is 1. The molecular weight excluding hydrogens is 274 g/mol. The molecule has 1 amide bonds. The summed E-state index contributed by atoms with van der Waals surface area (Å²) in [5.41, 5.74) is 6.07. The molecule has 3 nitrogen and oxygen atoms in total. The van der Waals surface area contributed by atoms with Gasteiger partial charge in [-0.15, -0.1) is 0 Å². The van der Waals surface area contributed by atoms with Gasteiger partial charge in [0.25, 0.3) is 0 Å². The summed E-state index contributed by atoms with van der Waals surface area (Å²) >= 11 is 0. The summed E-state index contributed by atoms with van der Waals surface area (Å²) in [6.07, 6.45) is 3.63. The van der Waals surface area contributed by atoms with Gasteiger partial charge >= 0.3 is 0 Å². The zero-order valence-electron chi connectivity index (χ0n) is 11.9. The van der Waals surface area contributed by atoms with Gasteiger partial charge in [-0.3, -0.25) is 4.79 Å². The monoisotopic (exact) mass is 294 g/mol. The van der Waals surface area contributed by atoms with Gasteiger partial charge in [-0.2, -0.15) is 0 Å². The smallest absolute Gasteiger partial charge is 0.226 e. The maximum Gasteiger partial charge on any atom is 0.226 e. The molecule has 1 saturated heterocycles. The van der Waals surface area contributed by atoms with Crippen molar-refractivity contribution in [3.8, 4) is 0 Å². The number of nitrogens with two attached hydrogens (primary N) is 1. The van der Waals surface area contributed by atoms with Crippen molar-refractivity contribution in [3.63, 3.8) is 0 Å². The molecule has 1 saturated carbocycles. The van der Waals surface area contributed by atoms with Crippen molar-refractivity contribution in [2.24, 2.45) is 11.7 Å². The topological polar surface area (TPSA) is 46.3 Å². The average molecular weight is 294 g/mol. The van der Waals surface area contributed by atoms with Gasteiger partial charge in [0.1, 0.15) is 0 Å². The van der Waals surface area contributed by atoms with Crippen LogP contribution in [0.1, 0.15) is 37.2 Å². The number of carbonyl (C=O) groups excluding carboxylic acids is 1. The van der Waals surface area contributed by atoms with Gasteiger partial charge < -0.3 is 10.6 Å². The van der Waals surface area contributed by atoms with Crippen LogP contribution in [-0.2, 0) is 4.79 Å². The van der Waals surface area contributed by atoms with Gasteiger partial charge in [0.05, 0.1) is 0 Å². The van der Waals surface area contributed by atoms with Gasteiger partial charge in [0.15, 0.2) is 11.6 Å². The molecule has 0 aromatic heterocycles. The Labute approximate surface area is 123 Å². The van der Waals surface area contributed by atoms with Crippen LogP contribution < -0.4 is 5.73 Å². The van der Waals surface area contributed by atoms with E-state index in [1.54, 1.807) is 6.07 Å². The third kappa shape index (κ3) is 2.67. The van der Waals surface area contributed by atoms with E-state index < -0.39 is 11.6 Å². The zero-order valence-corrected chi connectivity index (χ0v) is 11.9. The highest BCUT2D eigenvalue weighted by atomic mass is 19.2. The van der Waals surface area contributed by atoms with E-state index in [4.69, 9.17) is 5.73 Å². The number of hydrogen-bond acceptors (Lipinski definition) is 2. The molecule has 1 aromatic rings. The van der Waals surface area contributed by atoms with Crippen molar-refractivity contribution in [1.29, 1.82) is 0 Å². The van der Waals surface area contributed by atoms with Crippen molar-refractivity contribution in [2.75, 3.05) is 13.1 Å². The number of carbonyl (C=O) groups is 1. The molecule has 1 heterocycles. The molecule has 0 unspecified atom stereocenters. The highest BCUT2D eigenvalue weighted by Crippen LogP contribution is 2.49. The first-order chi connectivity index (χ1) is 10.1. The first-order valence-electron chi connectivity index (χ1n) is 7.58. The number of amides is 1. The number of piperidine rings is 1. The molecule has 2 N–H and O–H groups in total. The van der Waals surface area contributed by atoms with E-state index in [0.29, 0.717) is 18.5 Å². The number of halogens is 2. The normalized spacial score (nSPS) is 28.5. The number of likely N-dealkylation sites (tertiary alicyclic amines) is 1. The average Bonchev–Trinajstić information content (AvgIpc) is 3.29. The Morgan fingerprint density at radius 3 is 2.90 bits per heavy atom. The highest BCUT2D eigenvalue weighted by molar-refractivity contribution is 5.83. The van der Waals surface area contributed by atoms with Crippen molar-refractivity contribution >= 4 is 5.91 Å². The van der Waals surface area contributed by atoms with Gasteiger partial charge in [-0.25, -0.2) is 8.78 Å². The fraction of sp³-hybridized carbons (Fsp3) is 0.562. The van der Waals surface area contributed by atoms with Crippen LogP contribution in [0.4, 0.5) is 8.78 Å². The second-order valence-corrected chi connectivity index (χ2v) is 6.01. The van der Waals surface area contributed by atoms with Crippen LogP contribution in [0.2, 0.25) is 0 Å². The largest absolute Gasteiger partial charge is 0.338 e. The third-order valence-electron chi connectivity index (χ3n) is 4.67. The predicted molar refractivity (Wildman–Crippen MR) is 75.6 cm³/mol. The summed E-state index contributed by atoms with van der Waals surface area (Å²) < 4.78 is 27.1. The minimum absolute atomic E-state index is 0.0545. The minimum Gasteiger partial charge on any atom is -0.338 e. The summed E-state index contributed by atoms with van der Waals surface area (Å²) in [5, 5.41) is 0. The Hall–Kier alpha value is -1.49. The molecule has 1 aliphatic carbocycles. The molecule has 1 aliphatic heterocycles. The SMILES string of the molecule is NC[C@@H]1CCCCN1C(=O)[C@H]1C[C@H]1c1cccc(F)c1F. The maximum absolute atomic E-state index is 13.8. The first kappa shape index (κ1) is 14.4. The summed E-state index contributed by atoms with van der Waals surface area (Å²) in [6, 6.07) is 4.28. The van der Waals surface area contributed by atoms with E-state index in [1.807, 2.05) is 4.90 Å². The molecule has 0 radical (unpaired) electrons. The van der Waals surface area contributed by atoms with E-state index in [-0.39, 0.29) is 23.8 Å². The lowest BCUT2D eigenvalue weighted by molar-refractivity contribution is -0.136. The molecule has 21 heavy (non-hydrogen) atoms. The molecule has 2 fully saturated rings. The maximum atomic E-state index is 13.8. The summed E-state index contributed by atoms with van der Waals surface area (Å²) in [7, 11) is 0. The standard InChI is InChI=1S/C16H20F2N2O/c17-14-6-3-5-11(15(14)18)12-8-13(12)16(21)20-7-2-1-4-10(20)9-19/h3,5-6,10,12-13H,1-2,4,7-9,19H2/t10-,12-,13-/m0/s1. The Bertz CT molecular complexity index is 549. The molecule has 114 valence electrons. The predicted octanol–water partition coefficient (Wildman–Crippen LogP) is 2.41. The lowest BCUT2D eigenvalue weighted by Crippen LogP contribution is -2.48. The van der Waals surface area contributed by atoms with E-state index in [1.165, 1.54) is 6.07 Å². The second-order valence-electron chi connectivity index (χ2n) is 6.01. The van der Waals surface area contributed by atoms with E-state index in [9.17, 15) is 13.6 Å². The molecule has 5 heteroatoms. The Balaban J connectivity index is 1.72. The van der Waals surface area contributed by atoms with Crippen LogP contribution in [-0.4, -0.2) is 29.9 Å². The molecule has 2 aliphatic rings. The number of rotatable bonds is 3. The number of nitrogens with zero attached hydrogens (tertiary/aromatic N) is 1. The van der Waals surface area contributed by atoms with Gasteiger partial charge in [0.2, 0.25) is 5.91 Å². The Kier molecular flexibility index (Phi) is 3.93. The Morgan fingerprint density at radius 2 is 2.14 bits per heavy atom. The minimum atomic E-state index is -0.844. The molecule has 3 rings (SSSR count). The van der Waals surface area contributed by atoms with E-state index in [2.05, 4.69) is 0 Å². The lowest BCUT2D eigenvalue weighted by Gasteiger charge is -2.35. The molecule has 1 aromatic carbocycles. The lowest BCUT2D eigenvalue weighted by atomic mass is 10.0. The third-order valence-corrected chi connectivity index (χ3v) is 4.67. The van der Waals surface area contributed by atoms with E-state index in [0.717, 1.165) is 31.9 Å². The van der Waals surface area contributed by atoms with Crippen LogP contribution >= 0.6 is 0 Å². The van der Waals surface area contributed by atoms with Gasteiger partial charge in [-0.1, -0.05) is 12.1 Å². The van der Waals surface area contributed by atoms with Crippen LogP contribution in [0.3, 0.4) is 0 Å². The molecule has 0 spiro atoms. The summed E-state index contributed by atoms with van der Waals surface area (Å²) in [4.78, 5) is 14.4. The summed E-state index contributed by atoms with van der Waals surface area (Å²) in [5.74, 6) is -2.00. The fourth-order valence-corrected chi connectivity index (χ4v) is 3.37. The van der Waals surface area contributed by atoms with Crippen LogP contribution in [0, 0.1) is 17.6 Å². The molecular formula is C16H20F2N2O.